The lowest BCUT2D eigenvalue weighted by molar-refractivity contribution is -0.139. The van der Waals surface area contributed by atoms with Crippen LogP contribution in [0.4, 0.5) is 13.2 Å². The minimum Gasteiger partial charge on any atom is -0.384 e. The molecule has 0 amide bonds. The van der Waals surface area contributed by atoms with Gasteiger partial charge in [-0.15, -0.1) is 0 Å². The third-order valence-corrected chi connectivity index (χ3v) is 2.34. The summed E-state index contributed by atoms with van der Waals surface area (Å²) in [6.07, 6.45) is -6.21. The number of Topliss-reactive ketones (excluding diaryl/α,β-unsaturated/α-hetero) is 1. The molecule has 17 heavy (non-hydrogen) atoms. The Balaban J connectivity index is 3.23. The van der Waals surface area contributed by atoms with Gasteiger partial charge in [0.1, 0.15) is 6.10 Å². The first kappa shape index (κ1) is 13.4. The fraction of sp³-hybridized carbons (Fsp3) is 0.250. The van der Waals surface area contributed by atoms with Crippen LogP contribution in [0.25, 0.3) is 0 Å². The lowest BCUT2D eigenvalue weighted by Crippen LogP contribution is -2.15. The van der Waals surface area contributed by atoms with Gasteiger partial charge in [0.2, 0.25) is 0 Å². The highest BCUT2D eigenvalue weighted by molar-refractivity contribution is 5.93. The van der Waals surface area contributed by atoms with E-state index in [4.69, 9.17) is 0 Å². The number of rotatable bonds is 3. The van der Waals surface area contributed by atoms with Crippen molar-refractivity contribution in [1.82, 2.24) is 0 Å². The summed E-state index contributed by atoms with van der Waals surface area (Å²) in [5.74, 6) is -0.547. The van der Waals surface area contributed by atoms with Crippen molar-refractivity contribution in [3.8, 4) is 0 Å². The fourth-order valence-corrected chi connectivity index (χ4v) is 1.37. The molecule has 1 atom stereocenters. The average Bonchev–Trinajstić information content (AvgIpc) is 2.25. The smallest absolute Gasteiger partial charge is 0.384 e. The molecule has 1 aromatic carbocycles. The number of benzene rings is 1. The summed E-state index contributed by atoms with van der Waals surface area (Å²) in [5, 5.41) is 9.68. The second-order valence-electron chi connectivity index (χ2n) is 3.57. The maximum Gasteiger partial charge on any atom is 0.416 e. The zero-order valence-corrected chi connectivity index (χ0v) is 9.08. The zero-order valence-electron chi connectivity index (χ0n) is 9.08. The highest BCUT2D eigenvalue weighted by Gasteiger charge is 2.35. The second-order valence-corrected chi connectivity index (χ2v) is 3.57. The standard InChI is InChI=1S/C12H11F3O2/c1-7(8(2)16)11(17)9-5-3-4-6-10(9)12(13,14)15/h3-6,11,17H,1H2,2H3/t11-/m0/s1. The molecule has 0 aliphatic heterocycles. The van der Waals surface area contributed by atoms with Crippen molar-refractivity contribution in [2.24, 2.45) is 0 Å². The van der Waals surface area contributed by atoms with Crippen LogP contribution in [0.15, 0.2) is 36.4 Å². The van der Waals surface area contributed by atoms with Gasteiger partial charge in [-0.2, -0.15) is 13.2 Å². The number of aliphatic hydroxyl groups is 1. The van der Waals surface area contributed by atoms with Crippen LogP contribution in [-0.2, 0) is 11.0 Å². The minimum absolute atomic E-state index is 0.262. The van der Waals surface area contributed by atoms with E-state index in [-0.39, 0.29) is 11.1 Å². The number of carbonyl (C=O) groups is 1. The van der Waals surface area contributed by atoms with Crippen LogP contribution in [0, 0.1) is 0 Å². The number of halogens is 3. The van der Waals surface area contributed by atoms with Gasteiger partial charge >= 0.3 is 6.18 Å². The molecule has 0 spiro atoms. The number of aliphatic hydroxyl groups excluding tert-OH is 1. The topological polar surface area (TPSA) is 37.3 Å². The van der Waals surface area contributed by atoms with Gasteiger partial charge in [0.15, 0.2) is 5.78 Å². The van der Waals surface area contributed by atoms with Crippen molar-refractivity contribution in [3.05, 3.63) is 47.5 Å². The van der Waals surface area contributed by atoms with Gasteiger partial charge < -0.3 is 5.11 Å². The zero-order chi connectivity index (χ0) is 13.2. The quantitative estimate of drug-likeness (QED) is 0.830. The van der Waals surface area contributed by atoms with Crippen molar-refractivity contribution in [2.45, 2.75) is 19.2 Å². The maximum atomic E-state index is 12.6. The van der Waals surface area contributed by atoms with Crippen LogP contribution in [-0.4, -0.2) is 10.9 Å². The Labute approximate surface area is 96.4 Å². The summed E-state index contributed by atoms with van der Waals surface area (Å²) in [6, 6.07) is 4.56. The molecule has 0 saturated carbocycles. The number of ketones is 1. The van der Waals surface area contributed by atoms with E-state index in [2.05, 4.69) is 6.58 Å². The SMILES string of the molecule is C=C(C(C)=O)[C@H](O)c1ccccc1C(F)(F)F. The predicted octanol–water partition coefficient (Wildman–Crippen LogP) is 2.88. The van der Waals surface area contributed by atoms with E-state index >= 15 is 0 Å². The summed E-state index contributed by atoms with van der Waals surface area (Å²) in [7, 11) is 0. The molecule has 1 aromatic rings. The summed E-state index contributed by atoms with van der Waals surface area (Å²) in [6.45, 7) is 4.43. The summed E-state index contributed by atoms with van der Waals surface area (Å²) >= 11 is 0. The van der Waals surface area contributed by atoms with E-state index in [9.17, 15) is 23.1 Å². The van der Waals surface area contributed by atoms with E-state index in [1.807, 2.05) is 0 Å². The highest BCUT2D eigenvalue weighted by Crippen LogP contribution is 2.36. The monoisotopic (exact) mass is 244 g/mol. The van der Waals surface area contributed by atoms with E-state index in [0.29, 0.717) is 0 Å². The van der Waals surface area contributed by atoms with Crippen molar-refractivity contribution < 1.29 is 23.1 Å². The summed E-state index contributed by atoms with van der Waals surface area (Å²) in [4.78, 5) is 11.0. The van der Waals surface area contributed by atoms with Crippen LogP contribution in [0.1, 0.15) is 24.2 Å². The Morgan fingerprint density at radius 1 is 1.35 bits per heavy atom. The lowest BCUT2D eigenvalue weighted by Gasteiger charge is -2.17. The number of alkyl halides is 3. The minimum atomic E-state index is -4.57. The van der Waals surface area contributed by atoms with Crippen LogP contribution in [0.3, 0.4) is 0 Å². The molecule has 2 nitrogen and oxygen atoms in total. The van der Waals surface area contributed by atoms with Gasteiger partial charge in [0.25, 0.3) is 0 Å². The van der Waals surface area contributed by atoms with E-state index in [1.165, 1.54) is 12.1 Å². The van der Waals surface area contributed by atoms with E-state index in [0.717, 1.165) is 19.1 Å². The van der Waals surface area contributed by atoms with Gasteiger partial charge in [0, 0.05) is 5.57 Å². The van der Waals surface area contributed by atoms with Crippen molar-refractivity contribution in [1.29, 1.82) is 0 Å². The Bertz CT molecular complexity index is 449. The molecule has 0 saturated heterocycles. The number of hydrogen-bond donors (Lipinski definition) is 1. The Hall–Kier alpha value is -1.62. The third-order valence-electron chi connectivity index (χ3n) is 2.34. The molecule has 5 heteroatoms. The van der Waals surface area contributed by atoms with Crippen LogP contribution in [0.2, 0.25) is 0 Å². The molecule has 1 rings (SSSR count). The molecule has 0 aromatic heterocycles. The molecule has 0 bridgehead atoms. The average molecular weight is 244 g/mol. The molecule has 0 unspecified atom stereocenters. The largest absolute Gasteiger partial charge is 0.416 e. The lowest BCUT2D eigenvalue weighted by atomic mass is 9.95. The van der Waals surface area contributed by atoms with Crippen LogP contribution >= 0.6 is 0 Å². The van der Waals surface area contributed by atoms with Crippen LogP contribution in [0.5, 0.6) is 0 Å². The molecular formula is C12H11F3O2. The van der Waals surface area contributed by atoms with Crippen LogP contribution < -0.4 is 0 Å². The molecule has 0 aliphatic rings. The first-order valence-electron chi connectivity index (χ1n) is 4.79. The van der Waals surface area contributed by atoms with Crippen molar-refractivity contribution in [3.63, 3.8) is 0 Å². The molecule has 0 radical (unpaired) electrons. The highest BCUT2D eigenvalue weighted by atomic mass is 19.4. The third kappa shape index (κ3) is 2.94. The number of carbonyl (C=O) groups excluding carboxylic acids is 1. The van der Waals surface area contributed by atoms with E-state index < -0.39 is 23.6 Å². The Morgan fingerprint density at radius 3 is 2.35 bits per heavy atom. The van der Waals surface area contributed by atoms with Crippen molar-refractivity contribution in [2.75, 3.05) is 0 Å². The van der Waals surface area contributed by atoms with Gasteiger partial charge in [-0.25, -0.2) is 0 Å². The molecule has 1 N–H and O–H groups in total. The van der Waals surface area contributed by atoms with E-state index in [1.54, 1.807) is 0 Å². The van der Waals surface area contributed by atoms with Gasteiger partial charge in [-0.05, 0) is 18.6 Å². The molecule has 0 heterocycles. The van der Waals surface area contributed by atoms with Gasteiger partial charge in [0.05, 0.1) is 5.56 Å². The molecular weight excluding hydrogens is 233 g/mol. The Morgan fingerprint density at radius 2 is 1.88 bits per heavy atom. The second kappa shape index (κ2) is 4.71. The first-order valence-corrected chi connectivity index (χ1v) is 4.79. The summed E-state index contributed by atoms with van der Waals surface area (Å²) < 4.78 is 37.9. The molecule has 0 fully saturated rings. The molecule has 0 aliphatic carbocycles. The predicted molar refractivity (Wildman–Crippen MR) is 56.2 cm³/mol. The Kier molecular flexibility index (Phi) is 3.72. The van der Waals surface area contributed by atoms with Gasteiger partial charge in [-0.1, -0.05) is 24.8 Å². The fourth-order valence-electron chi connectivity index (χ4n) is 1.37. The maximum absolute atomic E-state index is 12.6. The van der Waals surface area contributed by atoms with Gasteiger partial charge in [-0.3, -0.25) is 4.79 Å². The first-order chi connectivity index (χ1) is 7.75. The van der Waals surface area contributed by atoms with Crippen molar-refractivity contribution >= 4 is 5.78 Å². The molecule has 92 valence electrons. The summed E-state index contributed by atoms with van der Waals surface area (Å²) in [5.41, 5.74) is -1.59. The number of hydrogen-bond acceptors (Lipinski definition) is 2. The normalized spacial score (nSPS) is 13.2.